The Morgan fingerprint density at radius 3 is 2.56 bits per heavy atom. The largest absolute Gasteiger partial charge is 0.318 e. The first-order valence-electron chi connectivity index (χ1n) is 8.11. The Morgan fingerprint density at radius 2 is 1.85 bits per heavy atom. The van der Waals surface area contributed by atoms with E-state index in [2.05, 4.69) is 31.0 Å². The minimum Gasteiger partial charge on any atom is -0.318 e. The fourth-order valence-corrected chi connectivity index (χ4v) is 3.56. The molecule has 0 saturated carbocycles. The van der Waals surface area contributed by atoms with Gasteiger partial charge in [-0.25, -0.2) is 5.43 Å². The third-order valence-electron chi connectivity index (χ3n) is 4.12. The molecule has 7 heteroatoms. The van der Waals surface area contributed by atoms with Crippen molar-refractivity contribution in [3.05, 3.63) is 85.6 Å². The number of rotatable bonds is 4. The molecule has 138 valence electrons. The van der Waals surface area contributed by atoms with Crippen molar-refractivity contribution in [2.45, 2.75) is 13.8 Å². The summed E-state index contributed by atoms with van der Waals surface area (Å²) in [6, 6.07) is 14.7. The molecule has 0 spiro atoms. The molecule has 0 unspecified atom stereocenters. The van der Waals surface area contributed by atoms with E-state index >= 15 is 0 Å². The van der Waals surface area contributed by atoms with Gasteiger partial charge in [0.1, 0.15) is 0 Å². The molecule has 3 rings (SSSR count). The van der Waals surface area contributed by atoms with Gasteiger partial charge in [-0.15, -0.1) is 0 Å². The molecule has 4 nitrogen and oxygen atoms in total. The van der Waals surface area contributed by atoms with E-state index in [0.717, 1.165) is 27.1 Å². The molecule has 0 aliphatic heterocycles. The van der Waals surface area contributed by atoms with Gasteiger partial charge in [0, 0.05) is 27.1 Å². The van der Waals surface area contributed by atoms with Crippen LogP contribution in [0.2, 0.25) is 10.0 Å². The normalized spacial score (nSPS) is 11.1. The number of hydrazone groups is 1. The van der Waals surface area contributed by atoms with E-state index in [-0.39, 0.29) is 5.91 Å². The Morgan fingerprint density at radius 1 is 1.11 bits per heavy atom. The number of amides is 1. The Hall–Kier alpha value is -2.08. The van der Waals surface area contributed by atoms with E-state index < -0.39 is 0 Å². The van der Waals surface area contributed by atoms with Crippen molar-refractivity contribution in [1.82, 2.24) is 9.99 Å². The Balaban J connectivity index is 1.82. The summed E-state index contributed by atoms with van der Waals surface area (Å²) >= 11 is 15.5. The van der Waals surface area contributed by atoms with Gasteiger partial charge in [0.15, 0.2) is 0 Å². The standard InChI is InChI=1S/C20H16BrCl2N3O/c1-12-9-14(11-24-25-20(27)16-5-3-4-6-17(16)21)13(2)26(12)15-7-8-18(22)19(23)10-15/h3-11H,1-2H3,(H,25,27)/b24-11+. The lowest BCUT2D eigenvalue weighted by molar-refractivity contribution is 0.0954. The monoisotopic (exact) mass is 463 g/mol. The quantitative estimate of drug-likeness (QED) is 0.377. The highest BCUT2D eigenvalue weighted by atomic mass is 79.9. The maximum absolute atomic E-state index is 12.2. The summed E-state index contributed by atoms with van der Waals surface area (Å²) < 4.78 is 2.77. The fourth-order valence-electron chi connectivity index (χ4n) is 2.81. The second kappa shape index (κ2) is 8.30. The number of carbonyl (C=O) groups is 1. The van der Waals surface area contributed by atoms with E-state index in [0.29, 0.717) is 15.6 Å². The number of aromatic nitrogens is 1. The van der Waals surface area contributed by atoms with Crippen LogP contribution in [0.3, 0.4) is 0 Å². The first-order valence-corrected chi connectivity index (χ1v) is 9.65. The number of nitrogens with one attached hydrogen (secondary N) is 1. The Bertz CT molecular complexity index is 1040. The van der Waals surface area contributed by atoms with E-state index in [9.17, 15) is 4.79 Å². The van der Waals surface area contributed by atoms with Crippen molar-refractivity contribution in [3.8, 4) is 5.69 Å². The van der Waals surface area contributed by atoms with Gasteiger partial charge in [0.2, 0.25) is 0 Å². The van der Waals surface area contributed by atoms with Crippen LogP contribution in [0, 0.1) is 13.8 Å². The lowest BCUT2D eigenvalue weighted by Crippen LogP contribution is -2.18. The zero-order valence-corrected chi connectivity index (χ0v) is 17.7. The molecular weight excluding hydrogens is 449 g/mol. The van der Waals surface area contributed by atoms with Gasteiger partial charge in [-0.3, -0.25) is 4.79 Å². The molecule has 0 atom stereocenters. The molecule has 27 heavy (non-hydrogen) atoms. The lowest BCUT2D eigenvalue weighted by Gasteiger charge is -2.10. The SMILES string of the molecule is Cc1cc(/C=N/NC(=O)c2ccccc2Br)c(C)n1-c1ccc(Cl)c(Cl)c1. The first-order chi connectivity index (χ1) is 12.9. The molecule has 0 aliphatic rings. The zero-order valence-electron chi connectivity index (χ0n) is 14.6. The minimum atomic E-state index is -0.281. The van der Waals surface area contributed by atoms with Crippen molar-refractivity contribution < 1.29 is 4.79 Å². The topological polar surface area (TPSA) is 46.4 Å². The van der Waals surface area contributed by atoms with Crippen LogP contribution in [0.5, 0.6) is 0 Å². The van der Waals surface area contributed by atoms with Gasteiger partial charge in [0.25, 0.3) is 5.91 Å². The van der Waals surface area contributed by atoms with Crippen LogP contribution >= 0.6 is 39.1 Å². The van der Waals surface area contributed by atoms with Crippen LogP contribution in [-0.4, -0.2) is 16.7 Å². The second-order valence-electron chi connectivity index (χ2n) is 5.94. The highest BCUT2D eigenvalue weighted by molar-refractivity contribution is 9.10. The molecule has 3 aromatic rings. The number of benzene rings is 2. The molecule has 0 fully saturated rings. The highest BCUT2D eigenvalue weighted by Gasteiger charge is 2.11. The maximum atomic E-state index is 12.2. The molecular formula is C20H16BrCl2N3O. The summed E-state index contributed by atoms with van der Waals surface area (Å²) in [4.78, 5) is 12.2. The number of hydrogen-bond donors (Lipinski definition) is 1. The smallest absolute Gasteiger partial charge is 0.272 e. The number of nitrogens with zero attached hydrogens (tertiary/aromatic N) is 2. The molecule has 0 bridgehead atoms. The first kappa shape index (κ1) is 19.7. The van der Waals surface area contributed by atoms with Gasteiger partial charge in [-0.05, 0) is 66.2 Å². The molecule has 2 aromatic carbocycles. The van der Waals surface area contributed by atoms with Crippen molar-refractivity contribution >= 4 is 51.3 Å². The van der Waals surface area contributed by atoms with Crippen LogP contribution in [-0.2, 0) is 0 Å². The number of carbonyl (C=O) groups excluding carboxylic acids is 1. The minimum absolute atomic E-state index is 0.281. The third-order valence-corrected chi connectivity index (χ3v) is 5.55. The molecule has 0 radical (unpaired) electrons. The van der Waals surface area contributed by atoms with Gasteiger partial charge in [-0.2, -0.15) is 5.10 Å². The van der Waals surface area contributed by atoms with Crippen LogP contribution < -0.4 is 5.43 Å². The van der Waals surface area contributed by atoms with Crippen LogP contribution in [0.25, 0.3) is 5.69 Å². The van der Waals surface area contributed by atoms with Gasteiger partial charge < -0.3 is 4.57 Å². The average molecular weight is 465 g/mol. The van der Waals surface area contributed by atoms with Crippen LogP contribution in [0.15, 0.2) is 58.1 Å². The molecule has 0 saturated heterocycles. The summed E-state index contributed by atoms with van der Waals surface area (Å²) in [7, 11) is 0. The van der Waals surface area contributed by atoms with Crippen LogP contribution in [0.1, 0.15) is 27.3 Å². The van der Waals surface area contributed by atoms with Gasteiger partial charge >= 0.3 is 0 Å². The van der Waals surface area contributed by atoms with Crippen LogP contribution in [0.4, 0.5) is 0 Å². The number of hydrogen-bond acceptors (Lipinski definition) is 2. The predicted octanol–water partition coefficient (Wildman–Crippen LogP) is 5.93. The second-order valence-corrected chi connectivity index (χ2v) is 7.61. The summed E-state index contributed by atoms with van der Waals surface area (Å²) in [6.45, 7) is 3.97. The van der Waals surface area contributed by atoms with E-state index in [1.807, 2.05) is 44.2 Å². The zero-order chi connectivity index (χ0) is 19.6. The van der Waals surface area contributed by atoms with Gasteiger partial charge in [0.05, 0.1) is 21.8 Å². The predicted molar refractivity (Wildman–Crippen MR) is 114 cm³/mol. The van der Waals surface area contributed by atoms with Crippen molar-refractivity contribution in [2.75, 3.05) is 0 Å². The summed E-state index contributed by atoms with van der Waals surface area (Å²) in [5.74, 6) is -0.281. The third kappa shape index (κ3) is 4.26. The molecule has 1 amide bonds. The fraction of sp³-hybridized carbons (Fsp3) is 0.100. The molecule has 0 aliphatic carbocycles. The van der Waals surface area contributed by atoms with Crippen molar-refractivity contribution in [2.24, 2.45) is 5.10 Å². The van der Waals surface area contributed by atoms with E-state index in [1.165, 1.54) is 0 Å². The molecule has 1 heterocycles. The highest BCUT2D eigenvalue weighted by Crippen LogP contribution is 2.27. The number of halogens is 3. The summed E-state index contributed by atoms with van der Waals surface area (Å²) in [6.07, 6.45) is 1.63. The lowest BCUT2D eigenvalue weighted by atomic mass is 10.2. The maximum Gasteiger partial charge on any atom is 0.272 e. The summed E-state index contributed by atoms with van der Waals surface area (Å²) in [5, 5.41) is 5.10. The Kier molecular flexibility index (Phi) is 6.05. The molecule has 1 N–H and O–H groups in total. The number of aryl methyl sites for hydroxylation is 1. The Labute approximate surface area is 175 Å². The molecule has 1 aromatic heterocycles. The van der Waals surface area contributed by atoms with E-state index in [4.69, 9.17) is 23.2 Å². The summed E-state index contributed by atoms with van der Waals surface area (Å²) in [5.41, 5.74) is 6.88. The average Bonchev–Trinajstić information content (AvgIpc) is 2.91. The van der Waals surface area contributed by atoms with Crippen molar-refractivity contribution in [3.63, 3.8) is 0 Å². The van der Waals surface area contributed by atoms with E-state index in [1.54, 1.807) is 24.4 Å². The van der Waals surface area contributed by atoms with Crippen molar-refractivity contribution in [1.29, 1.82) is 0 Å². The van der Waals surface area contributed by atoms with Gasteiger partial charge in [-0.1, -0.05) is 35.3 Å².